The average Bonchev–Trinajstić information content (AvgIpc) is 2.84. The van der Waals surface area contributed by atoms with Crippen LogP contribution in [0, 0.1) is 41.1 Å². The first-order valence-corrected chi connectivity index (χ1v) is 11.4. The highest BCUT2D eigenvalue weighted by Gasteiger charge is 2.16. The number of benzene rings is 3. The number of hydrogen-bond acceptors (Lipinski definition) is 0. The van der Waals surface area contributed by atoms with Gasteiger partial charge in [0.15, 0.2) is 17.5 Å². The van der Waals surface area contributed by atoms with Gasteiger partial charge in [-0.05, 0) is 73.2 Å². The molecule has 3 aromatic rings. The lowest BCUT2D eigenvalue weighted by molar-refractivity contribution is 0.441. The zero-order valence-corrected chi connectivity index (χ0v) is 19.3. The summed E-state index contributed by atoms with van der Waals surface area (Å²) in [5.74, 6) is 8.38. The highest BCUT2D eigenvalue weighted by Crippen LogP contribution is 2.20. The highest BCUT2D eigenvalue weighted by atomic mass is 19.2. The monoisotopic (exact) mass is 444 g/mol. The molecule has 0 heterocycles. The molecule has 0 aliphatic carbocycles. The van der Waals surface area contributed by atoms with Crippen molar-refractivity contribution in [3.8, 4) is 23.7 Å². The topological polar surface area (TPSA) is 0 Å². The largest absolute Gasteiger partial charge is 0.204 e. The highest BCUT2D eigenvalue weighted by molar-refractivity contribution is 5.53. The molecule has 3 aromatic carbocycles. The molecular weight excluding hydrogens is 417 g/mol. The van der Waals surface area contributed by atoms with Gasteiger partial charge in [0, 0.05) is 27.8 Å². The summed E-state index contributed by atoms with van der Waals surface area (Å²) in [7, 11) is 0. The molecule has 0 fully saturated rings. The van der Waals surface area contributed by atoms with Crippen molar-refractivity contribution < 1.29 is 13.2 Å². The minimum absolute atomic E-state index is 0.0836. The van der Waals surface area contributed by atoms with E-state index in [-0.39, 0.29) is 17.5 Å². The fourth-order valence-corrected chi connectivity index (χ4v) is 3.59. The molecule has 33 heavy (non-hydrogen) atoms. The van der Waals surface area contributed by atoms with Crippen molar-refractivity contribution in [2.45, 2.75) is 52.9 Å². The first-order chi connectivity index (χ1) is 16.0. The number of hydrogen-bond donors (Lipinski definition) is 0. The number of rotatable bonds is 5. The summed E-state index contributed by atoms with van der Waals surface area (Å²) in [5.41, 5.74) is 5.22. The summed E-state index contributed by atoms with van der Waals surface area (Å²) in [6, 6.07) is 15.0. The standard InChI is InChI=1S/C30H27F3/c1-4-7-8-21-9-11-22(12-10-21)13-16-25-17-14-23(19-24(25)5-2)15-18-26-20-28(31)30(33)29(32)27(26)6-3/h9-12,14,17,19-20H,4-8H2,1-3H3. The molecule has 0 saturated heterocycles. The van der Waals surface area contributed by atoms with Gasteiger partial charge in [-0.1, -0.05) is 63.0 Å². The smallest absolute Gasteiger partial charge is 0.194 e. The summed E-state index contributed by atoms with van der Waals surface area (Å²) in [5, 5.41) is 0. The molecular formula is C30H27F3. The Morgan fingerprint density at radius 2 is 1.33 bits per heavy atom. The maximum Gasteiger partial charge on any atom is 0.194 e. The zero-order valence-electron chi connectivity index (χ0n) is 19.3. The Labute approximate surface area is 194 Å². The van der Waals surface area contributed by atoms with E-state index < -0.39 is 17.5 Å². The maximum atomic E-state index is 14.0. The molecule has 0 amide bonds. The van der Waals surface area contributed by atoms with Gasteiger partial charge >= 0.3 is 0 Å². The molecule has 0 nitrogen and oxygen atoms in total. The second-order valence-corrected chi connectivity index (χ2v) is 7.89. The first-order valence-electron chi connectivity index (χ1n) is 11.4. The predicted octanol–water partition coefficient (Wildman–Crippen LogP) is 7.37. The third-order valence-corrected chi connectivity index (χ3v) is 5.56. The number of aryl methyl sites for hydroxylation is 2. The van der Waals surface area contributed by atoms with Crippen molar-refractivity contribution in [3.05, 3.63) is 105 Å². The SMILES string of the molecule is CCCCc1ccc(C#Cc2ccc(C#Cc3cc(F)c(F)c(F)c3CC)cc2CC)cc1. The van der Waals surface area contributed by atoms with Crippen LogP contribution in [-0.4, -0.2) is 0 Å². The van der Waals surface area contributed by atoms with Crippen molar-refractivity contribution >= 4 is 0 Å². The third-order valence-electron chi connectivity index (χ3n) is 5.56. The Hall–Kier alpha value is -3.43. The van der Waals surface area contributed by atoms with Gasteiger partial charge in [-0.15, -0.1) is 0 Å². The van der Waals surface area contributed by atoms with Crippen LogP contribution in [0.1, 0.15) is 72.6 Å². The lowest BCUT2D eigenvalue weighted by Gasteiger charge is -2.05. The minimum Gasteiger partial charge on any atom is -0.204 e. The Morgan fingerprint density at radius 1 is 0.667 bits per heavy atom. The van der Waals surface area contributed by atoms with Crippen LogP contribution >= 0.6 is 0 Å². The zero-order chi connectivity index (χ0) is 23.8. The van der Waals surface area contributed by atoms with Gasteiger partial charge in [0.05, 0.1) is 0 Å². The summed E-state index contributed by atoms with van der Waals surface area (Å²) in [6.07, 6.45) is 4.45. The van der Waals surface area contributed by atoms with Crippen molar-refractivity contribution in [2.24, 2.45) is 0 Å². The van der Waals surface area contributed by atoms with Crippen LogP contribution in [0.2, 0.25) is 0 Å². The van der Waals surface area contributed by atoms with Gasteiger partial charge in [-0.3, -0.25) is 0 Å². The van der Waals surface area contributed by atoms with E-state index in [4.69, 9.17) is 0 Å². The van der Waals surface area contributed by atoms with Gasteiger partial charge < -0.3 is 0 Å². The van der Waals surface area contributed by atoms with Gasteiger partial charge in [0.2, 0.25) is 0 Å². The molecule has 0 aromatic heterocycles. The summed E-state index contributed by atoms with van der Waals surface area (Å²) < 4.78 is 41.2. The Bertz CT molecular complexity index is 1250. The Balaban J connectivity index is 1.85. The van der Waals surface area contributed by atoms with E-state index in [0.717, 1.165) is 35.6 Å². The van der Waals surface area contributed by atoms with Crippen LogP contribution in [0.3, 0.4) is 0 Å². The van der Waals surface area contributed by atoms with Crippen LogP contribution < -0.4 is 0 Å². The molecule has 0 aliphatic heterocycles. The van der Waals surface area contributed by atoms with E-state index in [0.29, 0.717) is 5.56 Å². The molecule has 0 aliphatic rings. The van der Waals surface area contributed by atoms with E-state index >= 15 is 0 Å². The van der Waals surface area contributed by atoms with Gasteiger partial charge in [-0.25, -0.2) is 13.2 Å². The van der Waals surface area contributed by atoms with Gasteiger partial charge in [-0.2, -0.15) is 0 Å². The van der Waals surface area contributed by atoms with Crippen molar-refractivity contribution in [1.29, 1.82) is 0 Å². The molecule has 0 bridgehead atoms. The molecule has 0 unspecified atom stereocenters. The summed E-state index contributed by atoms with van der Waals surface area (Å²) in [4.78, 5) is 0. The van der Waals surface area contributed by atoms with Crippen LogP contribution in [0.25, 0.3) is 0 Å². The summed E-state index contributed by atoms with van der Waals surface area (Å²) in [6.45, 7) is 5.91. The lowest BCUT2D eigenvalue weighted by atomic mass is 10.0. The molecule has 0 N–H and O–H groups in total. The molecule has 3 heteroatoms. The van der Waals surface area contributed by atoms with E-state index in [1.54, 1.807) is 6.92 Å². The van der Waals surface area contributed by atoms with E-state index in [1.165, 1.54) is 18.4 Å². The fraction of sp³-hybridized carbons (Fsp3) is 0.267. The van der Waals surface area contributed by atoms with E-state index in [1.807, 2.05) is 25.1 Å². The van der Waals surface area contributed by atoms with E-state index in [9.17, 15) is 13.2 Å². The Kier molecular flexibility index (Phi) is 8.39. The second-order valence-electron chi connectivity index (χ2n) is 7.89. The van der Waals surface area contributed by atoms with Crippen molar-refractivity contribution in [2.75, 3.05) is 0 Å². The quantitative estimate of drug-likeness (QED) is 0.285. The second kappa shape index (κ2) is 11.4. The average molecular weight is 445 g/mol. The Morgan fingerprint density at radius 3 is 2.00 bits per heavy atom. The molecule has 3 rings (SSSR count). The normalized spacial score (nSPS) is 10.2. The molecule has 0 radical (unpaired) electrons. The van der Waals surface area contributed by atoms with Gasteiger partial charge in [0.25, 0.3) is 0 Å². The molecule has 0 spiro atoms. The van der Waals surface area contributed by atoms with Crippen molar-refractivity contribution in [3.63, 3.8) is 0 Å². The van der Waals surface area contributed by atoms with Crippen LogP contribution in [0.4, 0.5) is 13.2 Å². The van der Waals surface area contributed by atoms with Crippen LogP contribution in [0.5, 0.6) is 0 Å². The fourth-order valence-electron chi connectivity index (χ4n) is 3.59. The molecule has 168 valence electrons. The van der Waals surface area contributed by atoms with E-state index in [2.05, 4.69) is 54.9 Å². The summed E-state index contributed by atoms with van der Waals surface area (Å²) >= 11 is 0. The predicted molar refractivity (Wildman–Crippen MR) is 129 cm³/mol. The molecule has 0 atom stereocenters. The lowest BCUT2D eigenvalue weighted by Crippen LogP contribution is -2.01. The minimum atomic E-state index is -1.45. The molecule has 0 saturated carbocycles. The van der Waals surface area contributed by atoms with Crippen LogP contribution in [0.15, 0.2) is 48.5 Å². The number of halogens is 3. The van der Waals surface area contributed by atoms with Gasteiger partial charge in [0.1, 0.15) is 0 Å². The first kappa shape index (κ1) is 24.2. The van der Waals surface area contributed by atoms with Crippen LogP contribution in [-0.2, 0) is 19.3 Å². The van der Waals surface area contributed by atoms with Crippen molar-refractivity contribution in [1.82, 2.24) is 0 Å². The maximum absolute atomic E-state index is 14.0. The number of unbranched alkanes of at least 4 members (excludes halogenated alkanes) is 1. The third kappa shape index (κ3) is 6.09.